The maximum Gasteiger partial charge on any atom is 0.191 e. The molecule has 0 radical (unpaired) electrons. The Morgan fingerprint density at radius 2 is 1.82 bits per heavy atom. The van der Waals surface area contributed by atoms with Gasteiger partial charge in [0.05, 0.1) is 21.3 Å². The summed E-state index contributed by atoms with van der Waals surface area (Å²) in [4.78, 5) is 4.48. The molecule has 1 aromatic rings. The first kappa shape index (κ1) is 16.3. The van der Waals surface area contributed by atoms with Crippen molar-refractivity contribution in [2.24, 2.45) is 4.99 Å². The van der Waals surface area contributed by atoms with Crippen molar-refractivity contribution in [3.63, 3.8) is 0 Å². The predicted molar refractivity (Wildman–Crippen MR) is 87.3 cm³/mol. The van der Waals surface area contributed by atoms with Crippen LogP contribution < -0.4 is 24.8 Å². The molecule has 0 amide bonds. The largest absolute Gasteiger partial charge is 0.496 e. The summed E-state index contributed by atoms with van der Waals surface area (Å²) in [6, 6.07) is 3.75. The lowest BCUT2D eigenvalue weighted by molar-refractivity contribution is 0.368. The van der Waals surface area contributed by atoms with Crippen LogP contribution in [0.25, 0.3) is 0 Å². The number of benzene rings is 1. The number of nitrogens with zero attached hydrogens (tertiary/aromatic N) is 1. The number of rotatable bonds is 6. The van der Waals surface area contributed by atoms with Crippen molar-refractivity contribution in [1.29, 1.82) is 0 Å². The van der Waals surface area contributed by atoms with Crippen LogP contribution in [-0.4, -0.2) is 46.9 Å². The van der Waals surface area contributed by atoms with E-state index in [-0.39, 0.29) is 0 Å². The summed E-state index contributed by atoms with van der Waals surface area (Å²) in [7, 11) is 4.94. The van der Waals surface area contributed by atoms with Crippen LogP contribution in [0.3, 0.4) is 0 Å². The number of ether oxygens (including phenoxy) is 3. The van der Waals surface area contributed by atoms with Crippen LogP contribution in [0.15, 0.2) is 17.1 Å². The van der Waals surface area contributed by atoms with Gasteiger partial charge in [-0.15, -0.1) is 0 Å². The van der Waals surface area contributed by atoms with Gasteiger partial charge in [0.25, 0.3) is 0 Å². The minimum absolute atomic E-state index is 0.722. The third-order valence-corrected chi connectivity index (χ3v) is 3.63. The summed E-state index contributed by atoms with van der Waals surface area (Å²) in [6.07, 6.45) is 3.07. The van der Waals surface area contributed by atoms with Gasteiger partial charge in [0.2, 0.25) is 0 Å². The predicted octanol–water partition coefficient (Wildman–Crippen LogP) is 1.58. The summed E-state index contributed by atoms with van der Waals surface area (Å²) in [5.41, 5.74) is 1.02. The van der Waals surface area contributed by atoms with Crippen LogP contribution in [0.1, 0.15) is 18.4 Å². The second-order valence-electron chi connectivity index (χ2n) is 5.05. The highest BCUT2D eigenvalue weighted by Gasteiger charge is 2.13. The number of hydrogen-bond acceptors (Lipinski definition) is 6. The van der Waals surface area contributed by atoms with E-state index in [9.17, 15) is 0 Å². The van der Waals surface area contributed by atoms with Gasteiger partial charge in [-0.2, -0.15) is 0 Å². The van der Waals surface area contributed by atoms with Crippen LogP contribution in [-0.2, 0) is 6.42 Å². The summed E-state index contributed by atoms with van der Waals surface area (Å²) in [5, 5.41) is 6.64. The fourth-order valence-corrected chi connectivity index (χ4v) is 2.44. The fourth-order valence-electron chi connectivity index (χ4n) is 2.44. The van der Waals surface area contributed by atoms with Crippen molar-refractivity contribution in [3.05, 3.63) is 17.7 Å². The molecule has 1 aromatic carbocycles. The van der Waals surface area contributed by atoms with Gasteiger partial charge in [0.1, 0.15) is 17.2 Å². The Morgan fingerprint density at radius 1 is 1.09 bits per heavy atom. The molecule has 0 saturated carbocycles. The summed E-state index contributed by atoms with van der Waals surface area (Å²) in [5.74, 6) is 3.15. The molecule has 0 unspecified atom stereocenters. The minimum Gasteiger partial charge on any atom is -0.496 e. The van der Waals surface area contributed by atoms with E-state index in [1.54, 1.807) is 21.3 Å². The second-order valence-corrected chi connectivity index (χ2v) is 5.05. The average molecular weight is 307 g/mol. The molecule has 0 atom stereocenters. The topological polar surface area (TPSA) is 64.1 Å². The van der Waals surface area contributed by atoms with Crippen LogP contribution in [0.4, 0.5) is 0 Å². The van der Waals surface area contributed by atoms with E-state index < -0.39 is 0 Å². The number of hydrogen-bond donors (Lipinski definition) is 2. The SMILES string of the molecule is COc1cc(OC)c(CCNC2=NCCCCN2)c(OC)c1. The summed E-state index contributed by atoms with van der Waals surface area (Å²) >= 11 is 0. The van der Waals surface area contributed by atoms with Gasteiger partial charge in [-0.05, 0) is 19.3 Å². The Bertz CT molecular complexity index is 492. The maximum absolute atomic E-state index is 5.46. The van der Waals surface area contributed by atoms with Crippen LogP contribution >= 0.6 is 0 Å². The zero-order valence-electron chi connectivity index (χ0n) is 13.6. The molecular weight excluding hydrogens is 282 g/mol. The third kappa shape index (κ3) is 4.19. The molecule has 6 nitrogen and oxygen atoms in total. The number of guanidine groups is 1. The quantitative estimate of drug-likeness (QED) is 0.835. The van der Waals surface area contributed by atoms with E-state index >= 15 is 0 Å². The number of aliphatic imine (C=N–C) groups is 1. The molecule has 122 valence electrons. The lowest BCUT2D eigenvalue weighted by Gasteiger charge is -2.16. The van der Waals surface area contributed by atoms with Crippen molar-refractivity contribution in [2.75, 3.05) is 41.0 Å². The Morgan fingerprint density at radius 3 is 2.45 bits per heavy atom. The molecule has 0 bridgehead atoms. The second kappa shape index (κ2) is 8.36. The first-order valence-corrected chi connectivity index (χ1v) is 7.59. The molecule has 2 rings (SSSR count). The van der Waals surface area contributed by atoms with Crippen molar-refractivity contribution >= 4 is 5.96 Å². The van der Waals surface area contributed by atoms with Crippen molar-refractivity contribution < 1.29 is 14.2 Å². The Hall–Kier alpha value is -2.11. The van der Waals surface area contributed by atoms with E-state index in [0.29, 0.717) is 0 Å². The number of nitrogens with one attached hydrogen (secondary N) is 2. The summed E-state index contributed by atoms with van der Waals surface area (Å²) < 4.78 is 16.2. The van der Waals surface area contributed by atoms with Crippen LogP contribution in [0.2, 0.25) is 0 Å². The third-order valence-electron chi connectivity index (χ3n) is 3.63. The highest BCUT2D eigenvalue weighted by molar-refractivity contribution is 5.79. The molecule has 0 saturated heterocycles. The van der Waals surface area contributed by atoms with Gasteiger partial charge in [-0.1, -0.05) is 0 Å². The standard InChI is InChI=1S/C16H25N3O3/c1-20-12-10-14(21-2)13(15(11-12)22-3)6-9-19-16-17-7-4-5-8-18-16/h10-11H,4-9H2,1-3H3,(H2,17,18,19). The van der Waals surface area contributed by atoms with E-state index in [2.05, 4.69) is 15.6 Å². The maximum atomic E-state index is 5.46. The zero-order chi connectivity index (χ0) is 15.8. The van der Waals surface area contributed by atoms with Gasteiger partial charge in [-0.3, -0.25) is 4.99 Å². The molecule has 6 heteroatoms. The van der Waals surface area contributed by atoms with Gasteiger partial charge >= 0.3 is 0 Å². The van der Waals surface area contributed by atoms with E-state index in [0.717, 1.165) is 67.7 Å². The Kier molecular flexibility index (Phi) is 6.18. The van der Waals surface area contributed by atoms with Crippen molar-refractivity contribution in [1.82, 2.24) is 10.6 Å². The molecule has 0 aromatic heterocycles. The average Bonchev–Trinajstić information content (AvgIpc) is 2.83. The molecule has 1 heterocycles. The molecule has 22 heavy (non-hydrogen) atoms. The highest BCUT2D eigenvalue weighted by atomic mass is 16.5. The van der Waals surface area contributed by atoms with Crippen molar-refractivity contribution in [2.45, 2.75) is 19.3 Å². The van der Waals surface area contributed by atoms with E-state index in [1.165, 1.54) is 0 Å². The Balaban J connectivity index is 2.03. The van der Waals surface area contributed by atoms with Crippen LogP contribution in [0.5, 0.6) is 17.2 Å². The van der Waals surface area contributed by atoms with Gasteiger partial charge in [-0.25, -0.2) is 0 Å². The zero-order valence-corrected chi connectivity index (χ0v) is 13.6. The molecule has 0 aliphatic carbocycles. The summed E-state index contributed by atoms with van der Waals surface area (Å²) in [6.45, 7) is 2.61. The molecule has 1 aliphatic heterocycles. The molecule has 0 spiro atoms. The monoisotopic (exact) mass is 307 g/mol. The van der Waals surface area contributed by atoms with Gasteiger partial charge in [0.15, 0.2) is 5.96 Å². The normalized spacial score (nSPS) is 14.4. The smallest absolute Gasteiger partial charge is 0.191 e. The highest BCUT2D eigenvalue weighted by Crippen LogP contribution is 2.34. The Labute approximate surface area is 131 Å². The lowest BCUT2D eigenvalue weighted by atomic mass is 10.1. The van der Waals surface area contributed by atoms with Gasteiger partial charge in [0, 0.05) is 37.3 Å². The van der Waals surface area contributed by atoms with Crippen molar-refractivity contribution in [3.8, 4) is 17.2 Å². The molecular formula is C16H25N3O3. The first-order chi connectivity index (χ1) is 10.8. The van der Waals surface area contributed by atoms with Crippen LogP contribution in [0, 0.1) is 0 Å². The lowest BCUT2D eigenvalue weighted by Crippen LogP contribution is -2.38. The minimum atomic E-state index is 0.722. The molecule has 1 aliphatic rings. The van der Waals surface area contributed by atoms with E-state index in [1.807, 2.05) is 12.1 Å². The fraction of sp³-hybridized carbons (Fsp3) is 0.562. The van der Waals surface area contributed by atoms with E-state index in [4.69, 9.17) is 14.2 Å². The molecule has 2 N–H and O–H groups in total. The first-order valence-electron chi connectivity index (χ1n) is 7.59. The van der Waals surface area contributed by atoms with Gasteiger partial charge < -0.3 is 24.8 Å². The molecule has 0 fully saturated rings. The number of methoxy groups -OCH3 is 3.